The second-order valence-electron chi connectivity index (χ2n) is 5.81. The van der Waals surface area contributed by atoms with Crippen molar-refractivity contribution in [3.8, 4) is 0 Å². The Bertz CT molecular complexity index is 875. The third-order valence-electron chi connectivity index (χ3n) is 3.84. The number of carbonyl (C=O) groups excluding carboxylic acids is 1. The molecule has 0 aliphatic heterocycles. The van der Waals surface area contributed by atoms with Crippen LogP contribution in [0.4, 0.5) is 5.69 Å². The Morgan fingerprint density at radius 2 is 1.86 bits per heavy atom. The van der Waals surface area contributed by atoms with Crippen molar-refractivity contribution in [1.29, 1.82) is 0 Å². The SMILES string of the molecule is CCNCc1ccccc1NC(=O)c1cccc(S(=O)(=O)NCCOC)c1.Cl. The van der Waals surface area contributed by atoms with Gasteiger partial charge in [0.1, 0.15) is 0 Å². The highest BCUT2D eigenvalue weighted by Gasteiger charge is 2.16. The summed E-state index contributed by atoms with van der Waals surface area (Å²) in [6.45, 7) is 3.88. The number of carbonyl (C=O) groups is 1. The van der Waals surface area contributed by atoms with Crippen LogP contribution < -0.4 is 15.4 Å². The van der Waals surface area contributed by atoms with Crippen LogP contribution in [0.2, 0.25) is 0 Å². The third kappa shape index (κ3) is 6.88. The molecule has 0 saturated heterocycles. The normalized spacial score (nSPS) is 10.9. The highest BCUT2D eigenvalue weighted by Crippen LogP contribution is 2.17. The summed E-state index contributed by atoms with van der Waals surface area (Å²) in [4.78, 5) is 12.6. The molecule has 1 amide bonds. The van der Waals surface area contributed by atoms with E-state index in [1.165, 1.54) is 19.2 Å². The monoisotopic (exact) mass is 427 g/mol. The summed E-state index contributed by atoms with van der Waals surface area (Å²) in [5.41, 5.74) is 1.91. The lowest BCUT2D eigenvalue weighted by atomic mass is 10.1. The summed E-state index contributed by atoms with van der Waals surface area (Å²) in [5.74, 6) is -0.368. The molecule has 0 spiro atoms. The first-order chi connectivity index (χ1) is 13.0. The van der Waals surface area contributed by atoms with Gasteiger partial charge in [0.2, 0.25) is 10.0 Å². The summed E-state index contributed by atoms with van der Waals surface area (Å²) in [6.07, 6.45) is 0. The van der Waals surface area contributed by atoms with E-state index in [9.17, 15) is 13.2 Å². The van der Waals surface area contributed by atoms with E-state index in [-0.39, 0.29) is 41.9 Å². The zero-order valence-electron chi connectivity index (χ0n) is 15.9. The van der Waals surface area contributed by atoms with E-state index in [0.717, 1.165) is 12.1 Å². The first-order valence-electron chi connectivity index (χ1n) is 8.66. The van der Waals surface area contributed by atoms with Gasteiger partial charge in [-0.2, -0.15) is 0 Å². The molecular weight excluding hydrogens is 402 g/mol. The van der Waals surface area contributed by atoms with Gasteiger partial charge in [-0.15, -0.1) is 12.4 Å². The fraction of sp³-hybridized carbons (Fsp3) is 0.316. The zero-order chi connectivity index (χ0) is 19.7. The van der Waals surface area contributed by atoms with Gasteiger partial charge in [-0.05, 0) is 36.4 Å². The second-order valence-corrected chi connectivity index (χ2v) is 7.58. The quantitative estimate of drug-likeness (QED) is 0.506. The van der Waals surface area contributed by atoms with Gasteiger partial charge in [-0.1, -0.05) is 31.2 Å². The van der Waals surface area contributed by atoms with E-state index >= 15 is 0 Å². The van der Waals surface area contributed by atoms with Gasteiger partial charge in [0.05, 0.1) is 11.5 Å². The van der Waals surface area contributed by atoms with E-state index in [1.54, 1.807) is 12.1 Å². The Morgan fingerprint density at radius 1 is 1.11 bits per heavy atom. The minimum absolute atomic E-state index is 0. The van der Waals surface area contributed by atoms with E-state index in [1.807, 2.05) is 31.2 Å². The Hall–Kier alpha value is -1.97. The van der Waals surface area contributed by atoms with Crippen LogP contribution in [-0.2, 0) is 21.3 Å². The van der Waals surface area contributed by atoms with Gasteiger partial charge in [-0.25, -0.2) is 13.1 Å². The van der Waals surface area contributed by atoms with Crippen LogP contribution in [0.5, 0.6) is 0 Å². The zero-order valence-corrected chi connectivity index (χ0v) is 17.5. The van der Waals surface area contributed by atoms with Crippen molar-refractivity contribution in [2.45, 2.75) is 18.4 Å². The van der Waals surface area contributed by atoms with Crippen LogP contribution >= 0.6 is 12.4 Å². The molecule has 2 aromatic rings. The summed E-state index contributed by atoms with van der Waals surface area (Å²) >= 11 is 0. The summed E-state index contributed by atoms with van der Waals surface area (Å²) < 4.78 is 31.9. The van der Waals surface area contributed by atoms with Crippen molar-refractivity contribution in [3.63, 3.8) is 0 Å². The highest BCUT2D eigenvalue weighted by molar-refractivity contribution is 7.89. The summed E-state index contributed by atoms with van der Waals surface area (Å²) in [7, 11) is -2.21. The van der Waals surface area contributed by atoms with Crippen molar-refractivity contribution < 1.29 is 17.9 Å². The number of ether oxygens (including phenoxy) is 1. The van der Waals surface area contributed by atoms with E-state index in [2.05, 4.69) is 15.4 Å². The number of amides is 1. The molecule has 0 saturated carbocycles. The van der Waals surface area contributed by atoms with Crippen LogP contribution in [0.25, 0.3) is 0 Å². The van der Waals surface area contributed by atoms with Crippen molar-refractivity contribution in [3.05, 3.63) is 59.7 Å². The molecule has 9 heteroatoms. The molecule has 0 aliphatic carbocycles. The van der Waals surface area contributed by atoms with Gasteiger partial charge >= 0.3 is 0 Å². The van der Waals surface area contributed by atoms with Crippen LogP contribution in [-0.4, -0.2) is 41.1 Å². The Labute approximate surface area is 172 Å². The third-order valence-corrected chi connectivity index (χ3v) is 5.29. The van der Waals surface area contributed by atoms with Crippen LogP contribution in [0.15, 0.2) is 53.4 Å². The maximum Gasteiger partial charge on any atom is 0.255 e. The molecule has 0 atom stereocenters. The van der Waals surface area contributed by atoms with Crippen molar-refractivity contribution in [2.75, 3.05) is 32.1 Å². The number of anilines is 1. The number of para-hydroxylation sites is 1. The highest BCUT2D eigenvalue weighted by atomic mass is 35.5. The number of rotatable bonds is 10. The fourth-order valence-electron chi connectivity index (χ4n) is 2.42. The molecule has 0 aliphatic rings. The number of nitrogens with one attached hydrogen (secondary N) is 3. The maximum absolute atomic E-state index is 12.6. The van der Waals surface area contributed by atoms with Gasteiger partial charge in [0, 0.05) is 31.5 Å². The number of hydrogen-bond acceptors (Lipinski definition) is 5. The van der Waals surface area contributed by atoms with Gasteiger partial charge in [-0.3, -0.25) is 4.79 Å². The van der Waals surface area contributed by atoms with Crippen LogP contribution in [0.3, 0.4) is 0 Å². The van der Waals surface area contributed by atoms with Crippen LogP contribution in [0, 0.1) is 0 Å². The lowest BCUT2D eigenvalue weighted by Crippen LogP contribution is -2.27. The molecular formula is C19H26ClN3O4S. The van der Waals surface area contributed by atoms with E-state index < -0.39 is 10.0 Å². The summed E-state index contributed by atoms with van der Waals surface area (Å²) in [6, 6.07) is 13.4. The Balaban J connectivity index is 0.00000392. The Morgan fingerprint density at radius 3 is 2.57 bits per heavy atom. The molecule has 0 fully saturated rings. The smallest absolute Gasteiger partial charge is 0.255 e. The number of methoxy groups -OCH3 is 1. The molecule has 0 unspecified atom stereocenters. The lowest BCUT2D eigenvalue weighted by Gasteiger charge is -2.12. The van der Waals surface area contributed by atoms with Crippen molar-refractivity contribution in [2.24, 2.45) is 0 Å². The van der Waals surface area contributed by atoms with Gasteiger partial charge in [0.25, 0.3) is 5.91 Å². The predicted molar refractivity (Wildman–Crippen MR) is 113 cm³/mol. The van der Waals surface area contributed by atoms with Crippen molar-refractivity contribution in [1.82, 2.24) is 10.0 Å². The molecule has 28 heavy (non-hydrogen) atoms. The van der Waals surface area contributed by atoms with Crippen LogP contribution in [0.1, 0.15) is 22.8 Å². The second kappa shape index (κ2) is 11.8. The first-order valence-corrected chi connectivity index (χ1v) is 10.1. The minimum atomic E-state index is -3.70. The molecule has 7 nitrogen and oxygen atoms in total. The largest absolute Gasteiger partial charge is 0.383 e. The van der Waals surface area contributed by atoms with E-state index in [0.29, 0.717) is 12.2 Å². The summed E-state index contributed by atoms with van der Waals surface area (Å²) in [5, 5.41) is 6.07. The predicted octanol–water partition coefficient (Wildman–Crippen LogP) is 2.39. The average Bonchev–Trinajstić information content (AvgIpc) is 2.67. The molecule has 0 radical (unpaired) electrons. The van der Waals surface area contributed by atoms with Gasteiger partial charge in [0.15, 0.2) is 0 Å². The van der Waals surface area contributed by atoms with Gasteiger partial charge < -0.3 is 15.4 Å². The minimum Gasteiger partial charge on any atom is -0.383 e. The number of sulfonamides is 1. The molecule has 0 heterocycles. The topological polar surface area (TPSA) is 96.5 Å². The number of halogens is 1. The molecule has 0 bridgehead atoms. The maximum atomic E-state index is 12.6. The average molecular weight is 428 g/mol. The molecule has 2 rings (SSSR count). The first kappa shape index (κ1) is 24.1. The molecule has 0 aromatic heterocycles. The molecule has 3 N–H and O–H groups in total. The number of hydrogen-bond donors (Lipinski definition) is 3. The lowest BCUT2D eigenvalue weighted by molar-refractivity contribution is 0.102. The molecule has 2 aromatic carbocycles. The van der Waals surface area contributed by atoms with Crippen molar-refractivity contribution >= 4 is 34.0 Å². The van der Waals surface area contributed by atoms with E-state index in [4.69, 9.17) is 4.74 Å². The standard InChI is InChI=1S/C19H25N3O4S.ClH/c1-3-20-14-16-7-4-5-10-18(16)22-19(23)15-8-6-9-17(13-15)27(24,25)21-11-12-26-2;/h4-10,13,20-21H,3,11-12,14H2,1-2H3,(H,22,23);1H. The Kier molecular flexibility index (Phi) is 10.1. The fourth-order valence-corrected chi connectivity index (χ4v) is 3.48. The molecule has 154 valence electrons. The number of benzene rings is 2.